The van der Waals surface area contributed by atoms with Gasteiger partial charge < -0.3 is 10.6 Å². The SMILES string of the molecule is CCCC(CN)C(=O)N(C)CC. The van der Waals surface area contributed by atoms with Crippen molar-refractivity contribution in [2.45, 2.75) is 26.7 Å². The molecule has 0 spiro atoms. The second-order valence-electron chi connectivity index (χ2n) is 3.07. The zero-order valence-corrected chi connectivity index (χ0v) is 8.34. The summed E-state index contributed by atoms with van der Waals surface area (Å²) in [5, 5.41) is 0. The summed E-state index contributed by atoms with van der Waals surface area (Å²) >= 11 is 0. The molecule has 12 heavy (non-hydrogen) atoms. The monoisotopic (exact) mass is 172 g/mol. The van der Waals surface area contributed by atoms with Gasteiger partial charge in [-0.25, -0.2) is 0 Å². The van der Waals surface area contributed by atoms with Crippen LogP contribution >= 0.6 is 0 Å². The van der Waals surface area contributed by atoms with Crippen LogP contribution in [0.3, 0.4) is 0 Å². The van der Waals surface area contributed by atoms with Crippen molar-refractivity contribution in [3.05, 3.63) is 0 Å². The van der Waals surface area contributed by atoms with E-state index in [2.05, 4.69) is 6.92 Å². The van der Waals surface area contributed by atoms with Crippen LogP contribution in [0, 0.1) is 5.92 Å². The molecule has 1 unspecified atom stereocenters. The van der Waals surface area contributed by atoms with Crippen molar-refractivity contribution in [1.29, 1.82) is 0 Å². The lowest BCUT2D eigenvalue weighted by Gasteiger charge is -2.20. The van der Waals surface area contributed by atoms with Crippen LogP contribution in [0.15, 0.2) is 0 Å². The highest BCUT2D eigenvalue weighted by atomic mass is 16.2. The van der Waals surface area contributed by atoms with Crippen LogP contribution in [0.1, 0.15) is 26.7 Å². The molecule has 0 aromatic carbocycles. The van der Waals surface area contributed by atoms with Crippen LogP contribution in [0.5, 0.6) is 0 Å². The number of hydrogen-bond acceptors (Lipinski definition) is 2. The molecule has 2 N–H and O–H groups in total. The van der Waals surface area contributed by atoms with Crippen LogP contribution < -0.4 is 5.73 Å². The highest BCUT2D eigenvalue weighted by molar-refractivity contribution is 5.78. The van der Waals surface area contributed by atoms with Gasteiger partial charge in [0.1, 0.15) is 0 Å². The average molecular weight is 172 g/mol. The Morgan fingerprint density at radius 1 is 1.50 bits per heavy atom. The largest absolute Gasteiger partial charge is 0.346 e. The van der Waals surface area contributed by atoms with E-state index in [1.807, 2.05) is 14.0 Å². The zero-order valence-electron chi connectivity index (χ0n) is 8.34. The van der Waals surface area contributed by atoms with E-state index in [1.165, 1.54) is 0 Å². The normalized spacial score (nSPS) is 12.7. The molecule has 0 aromatic heterocycles. The standard InChI is InChI=1S/C9H20N2O/c1-4-6-8(7-10)9(12)11(3)5-2/h8H,4-7,10H2,1-3H3. The molecule has 0 saturated carbocycles. The molecule has 1 atom stereocenters. The first-order valence-corrected chi connectivity index (χ1v) is 4.62. The van der Waals surface area contributed by atoms with Crippen molar-refractivity contribution in [1.82, 2.24) is 4.90 Å². The van der Waals surface area contributed by atoms with Gasteiger partial charge in [0.15, 0.2) is 0 Å². The van der Waals surface area contributed by atoms with Crippen molar-refractivity contribution in [2.75, 3.05) is 20.1 Å². The van der Waals surface area contributed by atoms with Gasteiger partial charge in [0.25, 0.3) is 0 Å². The summed E-state index contributed by atoms with van der Waals surface area (Å²) in [5.74, 6) is 0.210. The van der Waals surface area contributed by atoms with Gasteiger partial charge in [-0.05, 0) is 13.3 Å². The molecular weight excluding hydrogens is 152 g/mol. The molecule has 0 fully saturated rings. The Bertz CT molecular complexity index is 136. The summed E-state index contributed by atoms with van der Waals surface area (Å²) in [6.45, 7) is 5.27. The van der Waals surface area contributed by atoms with Crippen molar-refractivity contribution < 1.29 is 4.79 Å². The van der Waals surface area contributed by atoms with E-state index in [9.17, 15) is 4.79 Å². The summed E-state index contributed by atoms with van der Waals surface area (Å²) in [6.07, 6.45) is 1.92. The molecule has 3 nitrogen and oxygen atoms in total. The number of carbonyl (C=O) groups excluding carboxylic acids is 1. The fourth-order valence-corrected chi connectivity index (χ4v) is 1.16. The van der Waals surface area contributed by atoms with Gasteiger partial charge in [-0.3, -0.25) is 4.79 Å². The predicted molar refractivity (Wildman–Crippen MR) is 50.8 cm³/mol. The Morgan fingerprint density at radius 2 is 2.08 bits per heavy atom. The summed E-state index contributed by atoms with van der Waals surface area (Å²) < 4.78 is 0. The van der Waals surface area contributed by atoms with Gasteiger partial charge in [0.05, 0.1) is 5.92 Å². The minimum absolute atomic E-state index is 0.0277. The Balaban J connectivity index is 4.01. The van der Waals surface area contributed by atoms with Crippen LogP contribution in [-0.2, 0) is 4.79 Å². The van der Waals surface area contributed by atoms with E-state index in [-0.39, 0.29) is 11.8 Å². The Morgan fingerprint density at radius 3 is 2.42 bits per heavy atom. The number of hydrogen-bond donors (Lipinski definition) is 1. The van der Waals surface area contributed by atoms with E-state index >= 15 is 0 Å². The smallest absolute Gasteiger partial charge is 0.226 e. The van der Waals surface area contributed by atoms with E-state index in [1.54, 1.807) is 4.90 Å². The van der Waals surface area contributed by atoms with Gasteiger partial charge in [-0.15, -0.1) is 0 Å². The van der Waals surface area contributed by atoms with Gasteiger partial charge >= 0.3 is 0 Å². The number of rotatable bonds is 5. The molecule has 0 aromatic rings. The van der Waals surface area contributed by atoms with Gasteiger partial charge in [-0.2, -0.15) is 0 Å². The van der Waals surface area contributed by atoms with E-state index in [4.69, 9.17) is 5.73 Å². The second kappa shape index (κ2) is 6.00. The molecule has 0 rings (SSSR count). The predicted octanol–water partition coefficient (Wildman–Crippen LogP) is 0.840. The molecule has 72 valence electrons. The molecular formula is C9H20N2O. The Hall–Kier alpha value is -0.570. The molecule has 0 aliphatic heterocycles. The maximum Gasteiger partial charge on any atom is 0.226 e. The van der Waals surface area contributed by atoms with E-state index in [0.717, 1.165) is 19.4 Å². The first-order valence-electron chi connectivity index (χ1n) is 4.62. The maximum absolute atomic E-state index is 11.5. The highest BCUT2D eigenvalue weighted by Gasteiger charge is 2.18. The number of carbonyl (C=O) groups is 1. The quantitative estimate of drug-likeness (QED) is 0.668. The third kappa shape index (κ3) is 3.22. The van der Waals surface area contributed by atoms with Crippen LogP contribution in [0.2, 0.25) is 0 Å². The van der Waals surface area contributed by atoms with Crippen molar-refractivity contribution >= 4 is 5.91 Å². The zero-order chi connectivity index (χ0) is 9.56. The minimum Gasteiger partial charge on any atom is -0.346 e. The second-order valence-corrected chi connectivity index (χ2v) is 3.07. The van der Waals surface area contributed by atoms with Crippen LogP contribution in [0.4, 0.5) is 0 Å². The minimum atomic E-state index is 0.0277. The maximum atomic E-state index is 11.5. The highest BCUT2D eigenvalue weighted by Crippen LogP contribution is 2.07. The van der Waals surface area contributed by atoms with Crippen molar-refractivity contribution in [2.24, 2.45) is 11.7 Å². The number of nitrogens with zero attached hydrogens (tertiary/aromatic N) is 1. The lowest BCUT2D eigenvalue weighted by Crippen LogP contribution is -2.36. The van der Waals surface area contributed by atoms with Gasteiger partial charge in [0, 0.05) is 20.1 Å². The summed E-state index contributed by atoms with van der Waals surface area (Å²) in [5.41, 5.74) is 5.50. The molecule has 0 heterocycles. The third-order valence-corrected chi connectivity index (χ3v) is 2.12. The molecule has 0 radical (unpaired) electrons. The first-order chi connectivity index (χ1) is 5.67. The number of nitrogens with two attached hydrogens (primary N) is 1. The van der Waals surface area contributed by atoms with Crippen molar-refractivity contribution in [3.63, 3.8) is 0 Å². The van der Waals surface area contributed by atoms with E-state index < -0.39 is 0 Å². The molecule has 0 aliphatic rings. The van der Waals surface area contributed by atoms with Crippen LogP contribution in [0.25, 0.3) is 0 Å². The molecule has 1 amide bonds. The summed E-state index contributed by atoms with van der Waals surface area (Å²) in [6, 6.07) is 0. The fourth-order valence-electron chi connectivity index (χ4n) is 1.16. The van der Waals surface area contributed by atoms with Gasteiger partial charge in [0.2, 0.25) is 5.91 Å². The fraction of sp³-hybridized carbons (Fsp3) is 0.889. The lowest BCUT2D eigenvalue weighted by molar-refractivity contribution is -0.133. The van der Waals surface area contributed by atoms with Crippen molar-refractivity contribution in [3.8, 4) is 0 Å². The van der Waals surface area contributed by atoms with Gasteiger partial charge in [-0.1, -0.05) is 13.3 Å². The first kappa shape index (κ1) is 11.4. The molecule has 0 saturated heterocycles. The topological polar surface area (TPSA) is 46.3 Å². The van der Waals surface area contributed by atoms with Crippen LogP contribution in [-0.4, -0.2) is 30.9 Å². The molecule has 3 heteroatoms. The Kier molecular flexibility index (Phi) is 5.72. The Labute approximate surface area is 74.9 Å². The summed E-state index contributed by atoms with van der Waals surface area (Å²) in [7, 11) is 1.82. The molecule has 0 bridgehead atoms. The average Bonchev–Trinajstić information content (AvgIpc) is 2.11. The number of amides is 1. The summed E-state index contributed by atoms with van der Waals surface area (Å²) in [4.78, 5) is 13.3. The third-order valence-electron chi connectivity index (χ3n) is 2.12. The lowest BCUT2D eigenvalue weighted by atomic mass is 10.0. The molecule has 0 aliphatic carbocycles. The van der Waals surface area contributed by atoms with E-state index in [0.29, 0.717) is 6.54 Å².